The van der Waals surface area contributed by atoms with Crippen LogP contribution in [0, 0.1) is 5.41 Å². The molecule has 0 spiro atoms. The summed E-state index contributed by atoms with van der Waals surface area (Å²) < 4.78 is 60.8. The van der Waals surface area contributed by atoms with Gasteiger partial charge in [-0.25, -0.2) is 19.3 Å². The molecule has 30 heteroatoms. The number of carbonyl (C=O) groups is 3. The maximum absolute atomic E-state index is 12.6. The third kappa shape index (κ3) is 14.0. The maximum atomic E-state index is 12.6. The average Bonchev–Trinajstić information content (AvgIpc) is 3.63. The van der Waals surface area contributed by atoms with Crippen molar-refractivity contribution in [2.24, 2.45) is 5.41 Å². The smallest absolute Gasteiger partial charge is 0.274 e. The van der Waals surface area contributed by atoms with Crippen molar-refractivity contribution in [3.63, 3.8) is 0 Å². The Morgan fingerprint density at radius 1 is 1.09 bits per heavy atom. The molecule has 3 heterocycles. The van der Waals surface area contributed by atoms with Crippen LogP contribution in [0.25, 0.3) is 11.2 Å². The molecule has 7 unspecified atom stereocenters. The van der Waals surface area contributed by atoms with Crippen molar-refractivity contribution in [1.29, 1.82) is 0 Å². The Hall–Kier alpha value is -1.74. The molecule has 0 aliphatic carbocycles. The zero-order valence-electron chi connectivity index (χ0n) is 29.1. The number of nitrogens with one attached hydrogen (secondary N) is 2. The van der Waals surface area contributed by atoms with Crippen LogP contribution in [-0.4, -0.2) is 114 Å². The van der Waals surface area contributed by atoms with Gasteiger partial charge in [-0.05, 0) is 12.7 Å². The monoisotopic (exact) mass is 897 g/mol. The number of carbonyl (C=O) groups excluding carboxylic acids is 3. The first-order valence-electron chi connectivity index (χ1n) is 15.7. The zero-order chi connectivity index (χ0) is 41.4. The molecule has 1 saturated heterocycles. The maximum Gasteiger partial charge on any atom is 0.274 e. The molecular weight excluding hydrogens is 859 g/mol. The lowest BCUT2D eigenvalue weighted by Gasteiger charge is -2.36. The van der Waals surface area contributed by atoms with Crippen molar-refractivity contribution in [3.8, 4) is 0 Å². The molecular formula is C25H38N7O17P3S3-4. The Bertz CT molecular complexity index is 1820. The van der Waals surface area contributed by atoms with Gasteiger partial charge in [0.15, 0.2) is 17.2 Å². The molecule has 55 heavy (non-hydrogen) atoms. The first-order chi connectivity index (χ1) is 25.4. The van der Waals surface area contributed by atoms with Crippen LogP contribution in [0.2, 0.25) is 0 Å². The SMILES string of the molecule is CC(C)(COP(=O)([O-])OP(=O)([O-])OCC1OC(C)(n2cnc3c(N)ncnc32)C(O)C1OP(=O)([O-])[O-])C(O)C(=O)NCCC(=O)NCCSC(=O)SCCS. The van der Waals surface area contributed by atoms with E-state index in [1.54, 1.807) is 0 Å². The lowest BCUT2D eigenvalue weighted by molar-refractivity contribution is -0.347. The number of hydrogen-bond acceptors (Lipinski definition) is 24. The van der Waals surface area contributed by atoms with E-state index in [-0.39, 0.29) is 40.9 Å². The number of thioether (sulfide) groups is 2. The van der Waals surface area contributed by atoms with Crippen LogP contribution in [0.3, 0.4) is 0 Å². The molecule has 3 rings (SSSR count). The largest absolute Gasteiger partial charge is 0.790 e. The summed E-state index contributed by atoms with van der Waals surface area (Å²) in [6.07, 6.45) is -6.08. The number of aliphatic hydroxyl groups excluding tert-OH is 2. The van der Waals surface area contributed by atoms with Gasteiger partial charge in [0, 0.05) is 36.4 Å². The van der Waals surface area contributed by atoms with Gasteiger partial charge in [-0.15, -0.1) is 0 Å². The number of anilines is 1. The van der Waals surface area contributed by atoms with E-state index in [2.05, 4.69) is 56.1 Å². The van der Waals surface area contributed by atoms with Crippen LogP contribution in [0.1, 0.15) is 27.2 Å². The Morgan fingerprint density at radius 2 is 1.75 bits per heavy atom. The van der Waals surface area contributed by atoms with Crippen molar-refractivity contribution in [2.75, 3.05) is 49.3 Å². The molecule has 0 bridgehead atoms. The highest BCUT2D eigenvalue weighted by molar-refractivity contribution is 8.38. The molecule has 24 nitrogen and oxygen atoms in total. The highest BCUT2D eigenvalue weighted by atomic mass is 32.2. The molecule has 1 aliphatic rings. The number of nitrogens with two attached hydrogens (primary N) is 1. The number of fused-ring (bicyclic) bond motifs is 1. The molecule has 6 N–H and O–H groups in total. The number of phosphoric acid groups is 3. The summed E-state index contributed by atoms with van der Waals surface area (Å²) in [4.78, 5) is 95.9. The van der Waals surface area contributed by atoms with Gasteiger partial charge in [-0.3, -0.25) is 28.1 Å². The van der Waals surface area contributed by atoms with Gasteiger partial charge in [-0.1, -0.05) is 37.4 Å². The van der Waals surface area contributed by atoms with Crippen LogP contribution in [0.5, 0.6) is 0 Å². The molecule has 1 aliphatic heterocycles. The van der Waals surface area contributed by atoms with Crippen molar-refractivity contribution in [1.82, 2.24) is 30.2 Å². The average molecular weight is 898 g/mol. The van der Waals surface area contributed by atoms with E-state index in [4.69, 9.17) is 10.5 Å². The number of nitrogens with zero attached hydrogens (tertiary/aromatic N) is 4. The molecule has 2 aromatic rings. The second-order valence-electron chi connectivity index (χ2n) is 12.2. The number of rotatable bonds is 21. The number of aliphatic hydroxyl groups is 2. The van der Waals surface area contributed by atoms with Crippen LogP contribution in [0.4, 0.5) is 10.6 Å². The van der Waals surface area contributed by atoms with Gasteiger partial charge < -0.3 is 69.0 Å². The van der Waals surface area contributed by atoms with Crippen molar-refractivity contribution < 1.29 is 80.5 Å². The van der Waals surface area contributed by atoms with Gasteiger partial charge in [0.25, 0.3) is 15.6 Å². The molecule has 0 aromatic carbocycles. The predicted octanol–water partition coefficient (Wildman–Crippen LogP) is -2.43. The fourth-order valence-electron chi connectivity index (χ4n) is 4.73. The molecule has 0 radical (unpaired) electrons. The van der Waals surface area contributed by atoms with Crippen LogP contribution >= 0.6 is 59.6 Å². The number of phosphoric ester groups is 3. The number of thiol groups is 1. The van der Waals surface area contributed by atoms with Gasteiger partial charge in [0.2, 0.25) is 16.3 Å². The third-order valence-electron chi connectivity index (χ3n) is 7.49. The molecule has 2 amide bonds. The minimum Gasteiger partial charge on any atom is -0.790 e. The molecule has 2 aromatic heterocycles. The molecule has 7 atom stereocenters. The van der Waals surface area contributed by atoms with Gasteiger partial charge in [0.1, 0.15) is 36.3 Å². The van der Waals surface area contributed by atoms with E-state index in [0.29, 0.717) is 17.3 Å². The summed E-state index contributed by atoms with van der Waals surface area (Å²) in [5.74, 6) is -0.137. The van der Waals surface area contributed by atoms with Crippen LogP contribution in [0.15, 0.2) is 12.7 Å². The van der Waals surface area contributed by atoms with Gasteiger partial charge in [0.05, 0.1) is 27.4 Å². The summed E-state index contributed by atoms with van der Waals surface area (Å²) in [7, 11) is -17.6. The Balaban J connectivity index is 1.53. The lowest BCUT2D eigenvalue weighted by Crippen LogP contribution is -2.46. The van der Waals surface area contributed by atoms with E-state index in [1.165, 1.54) is 20.8 Å². The standard InChI is InChI=1S/C25H42N7O17P3S3/c1-24(2,19(35)22(36)28-5-4-15(33)27-6-8-54-23(37)55-9-7-53)11-46-52(43,44)49-51(41,42)45-10-14-17(48-50(38,39)40)18(34)25(3,47-14)32-13-31-16-20(26)29-12-30-21(16)32/h12-14,17-19,34-35,53H,4-11H2,1-3H3,(H,27,33)(H,28,36)(H,41,42)(H,43,44)(H2,26,29,30)(H2,38,39,40)/p-4. The number of nitrogen functional groups attached to an aromatic ring is 1. The topological polar surface area (TPSA) is 375 Å². The quantitative estimate of drug-likeness (QED) is 0.0431. The predicted molar refractivity (Wildman–Crippen MR) is 190 cm³/mol. The number of hydrogen-bond donors (Lipinski definition) is 6. The van der Waals surface area contributed by atoms with Gasteiger partial charge in [-0.2, -0.15) is 12.6 Å². The lowest BCUT2D eigenvalue weighted by atomic mass is 9.87. The van der Waals surface area contributed by atoms with E-state index < -0.39 is 84.1 Å². The highest BCUT2D eigenvalue weighted by Gasteiger charge is 2.55. The van der Waals surface area contributed by atoms with Gasteiger partial charge >= 0.3 is 0 Å². The minimum atomic E-state index is -5.93. The molecule has 1 fully saturated rings. The van der Waals surface area contributed by atoms with Crippen molar-refractivity contribution >= 4 is 92.9 Å². The normalized spacial score (nSPS) is 23.2. The minimum absolute atomic E-state index is 0.0337. The van der Waals surface area contributed by atoms with E-state index >= 15 is 0 Å². The van der Waals surface area contributed by atoms with Crippen molar-refractivity contribution in [3.05, 3.63) is 12.7 Å². The number of amides is 2. The summed E-state index contributed by atoms with van der Waals surface area (Å²) >= 11 is 6.15. The first kappa shape index (κ1) is 47.6. The fourth-order valence-corrected chi connectivity index (χ4v) is 9.19. The summed E-state index contributed by atoms with van der Waals surface area (Å²) in [5, 5.41) is 26.4. The molecule has 0 saturated carbocycles. The summed E-state index contributed by atoms with van der Waals surface area (Å²) in [5.41, 5.74) is 2.02. The Morgan fingerprint density at radius 3 is 2.40 bits per heavy atom. The summed E-state index contributed by atoms with van der Waals surface area (Å²) in [6.45, 7) is 1.24. The zero-order valence-corrected chi connectivity index (χ0v) is 34.3. The Kier molecular flexibility index (Phi) is 17.2. The van der Waals surface area contributed by atoms with Crippen molar-refractivity contribution in [2.45, 2.75) is 57.3 Å². The second kappa shape index (κ2) is 19.8. The van der Waals surface area contributed by atoms with E-state index in [9.17, 15) is 57.9 Å². The summed E-state index contributed by atoms with van der Waals surface area (Å²) in [6, 6.07) is 0. The van der Waals surface area contributed by atoms with E-state index in [1.807, 2.05) is 0 Å². The number of imidazole rings is 1. The molecule has 312 valence electrons. The number of ether oxygens (including phenoxy) is 1. The van der Waals surface area contributed by atoms with Crippen LogP contribution < -0.4 is 35.9 Å². The highest BCUT2D eigenvalue weighted by Crippen LogP contribution is 2.56. The van der Waals surface area contributed by atoms with Crippen LogP contribution in [-0.2, 0) is 51.6 Å². The second-order valence-corrected chi connectivity index (χ2v) is 19.1. The fraction of sp³-hybridized carbons (Fsp3) is 0.680. The first-order valence-corrected chi connectivity index (χ1v) is 22.7. The third-order valence-corrected chi connectivity index (χ3v) is 13.0. The number of aromatic nitrogens is 4. The van der Waals surface area contributed by atoms with E-state index in [0.717, 1.165) is 40.7 Å². The Labute approximate surface area is 327 Å².